The monoisotopic (exact) mass is 295 g/mol. The fraction of sp³-hybridized carbons (Fsp3) is 0.357. The summed E-state index contributed by atoms with van der Waals surface area (Å²) in [6.45, 7) is 0. The number of hydrogen-bond donors (Lipinski definition) is 0. The Kier molecular flexibility index (Phi) is 3.07. The number of carbonyl (C=O) groups is 1. The van der Waals surface area contributed by atoms with Gasteiger partial charge < -0.3 is 4.57 Å². The van der Waals surface area contributed by atoms with Crippen molar-refractivity contribution in [1.82, 2.24) is 14.5 Å². The van der Waals surface area contributed by atoms with Crippen LogP contribution in [0, 0.1) is 0 Å². The molecule has 2 aromatic heterocycles. The number of pyridine rings is 1. The highest BCUT2D eigenvalue weighted by atomic mass is 19.4. The van der Waals surface area contributed by atoms with Crippen molar-refractivity contribution < 1.29 is 18.0 Å². The van der Waals surface area contributed by atoms with Gasteiger partial charge in [0.1, 0.15) is 17.2 Å². The maximum atomic E-state index is 12.7. The molecule has 1 aliphatic carbocycles. The highest BCUT2D eigenvalue weighted by Crippen LogP contribution is 2.31. The van der Waals surface area contributed by atoms with Crippen LogP contribution in [0.5, 0.6) is 0 Å². The quantitative estimate of drug-likeness (QED) is 0.812. The summed E-state index contributed by atoms with van der Waals surface area (Å²) in [5.41, 5.74) is 0.505. The van der Waals surface area contributed by atoms with Crippen molar-refractivity contribution in [2.45, 2.75) is 25.4 Å². The lowest BCUT2D eigenvalue weighted by Crippen LogP contribution is -2.12. The number of carbonyl (C=O) groups excluding carboxylic acids is 1. The smallest absolute Gasteiger partial charge is 0.330 e. The molecule has 0 N–H and O–H groups in total. The van der Waals surface area contributed by atoms with E-state index in [1.165, 1.54) is 6.07 Å². The molecule has 2 aromatic rings. The lowest BCUT2D eigenvalue weighted by molar-refractivity contribution is -0.141. The van der Waals surface area contributed by atoms with Crippen LogP contribution in [0.25, 0.3) is 11.4 Å². The molecule has 110 valence electrons. The van der Waals surface area contributed by atoms with Gasteiger partial charge >= 0.3 is 6.18 Å². The molecule has 0 saturated heterocycles. The number of halogens is 3. The minimum absolute atomic E-state index is 0.0526. The van der Waals surface area contributed by atoms with Crippen molar-refractivity contribution in [3.8, 4) is 11.4 Å². The molecule has 0 bridgehead atoms. The molecule has 0 atom stereocenters. The van der Waals surface area contributed by atoms with Crippen molar-refractivity contribution in [2.24, 2.45) is 7.05 Å². The first-order valence-electron chi connectivity index (χ1n) is 6.50. The van der Waals surface area contributed by atoms with Crippen LogP contribution in [0.15, 0.2) is 18.3 Å². The molecular formula is C14H12F3N3O. The molecule has 0 spiro atoms. The topological polar surface area (TPSA) is 47.8 Å². The molecule has 21 heavy (non-hydrogen) atoms. The fourth-order valence-corrected chi connectivity index (χ4v) is 2.56. The van der Waals surface area contributed by atoms with Crippen molar-refractivity contribution in [3.63, 3.8) is 0 Å². The first-order valence-corrected chi connectivity index (χ1v) is 6.50. The van der Waals surface area contributed by atoms with Gasteiger partial charge in [-0.15, -0.1) is 0 Å². The molecule has 7 heteroatoms. The van der Waals surface area contributed by atoms with Crippen LogP contribution in [0.2, 0.25) is 0 Å². The number of rotatable bonds is 1. The third-order valence-corrected chi connectivity index (χ3v) is 3.60. The summed E-state index contributed by atoms with van der Waals surface area (Å²) in [4.78, 5) is 19.4. The number of ketones is 1. The summed E-state index contributed by atoms with van der Waals surface area (Å²) in [6, 6.07) is 2.42. The van der Waals surface area contributed by atoms with Gasteiger partial charge in [-0.3, -0.25) is 9.78 Å². The Hall–Kier alpha value is -2.18. The average Bonchev–Trinajstić information content (AvgIpc) is 2.77. The van der Waals surface area contributed by atoms with E-state index in [0.717, 1.165) is 24.4 Å². The zero-order chi connectivity index (χ0) is 15.2. The summed E-state index contributed by atoms with van der Waals surface area (Å²) in [7, 11) is 1.72. The van der Waals surface area contributed by atoms with E-state index in [1.54, 1.807) is 11.6 Å². The zero-order valence-electron chi connectivity index (χ0n) is 11.2. The number of alkyl halides is 3. The van der Waals surface area contributed by atoms with Gasteiger partial charge in [0.25, 0.3) is 0 Å². The van der Waals surface area contributed by atoms with E-state index in [2.05, 4.69) is 9.97 Å². The molecule has 0 aliphatic heterocycles. The molecule has 0 saturated carbocycles. The van der Waals surface area contributed by atoms with Gasteiger partial charge in [0.2, 0.25) is 0 Å². The second kappa shape index (κ2) is 4.68. The highest BCUT2D eigenvalue weighted by Gasteiger charge is 2.33. The number of aromatic nitrogens is 3. The van der Waals surface area contributed by atoms with E-state index in [0.29, 0.717) is 29.9 Å². The Morgan fingerprint density at radius 3 is 2.71 bits per heavy atom. The number of nitrogens with zero attached hydrogens (tertiary/aromatic N) is 3. The van der Waals surface area contributed by atoms with Crippen LogP contribution < -0.4 is 0 Å². The maximum Gasteiger partial charge on any atom is 0.433 e. The lowest BCUT2D eigenvalue weighted by atomic mass is 10.00. The summed E-state index contributed by atoms with van der Waals surface area (Å²) in [6.07, 6.45) is -1.51. The highest BCUT2D eigenvalue weighted by molar-refractivity contribution is 5.97. The average molecular weight is 295 g/mol. The van der Waals surface area contributed by atoms with Crippen LogP contribution in [-0.4, -0.2) is 20.3 Å². The number of fused-ring (bicyclic) bond motifs is 1. The normalized spacial score (nSPS) is 15.1. The zero-order valence-corrected chi connectivity index (χ0v) is 11.2. The van der Waals surface area contributed by atoms with Crippen LogP contribution >= 0.6 is 0 Å². The van der Waals surface area contributed by atoms with Crippen LogP contribution in [-0.2, 0) is 19.6 Å². The van der Waals surface area contributed by atoms with Crippen molar-refractivity contribution in [2.75, 3.05) is 0 Å². The molecule has 0 fully saturated rings. The third-order valence-electron chi connectivity index (χ3n) is 3.60. The first-order chi connectivity index (χ1) is 9.88. The van der Waals surface area contributed by atoms with Crippen LogP contribution in [0.4, 0.5) is 13.2 Å². The van der Waals surface area contributed by atoms with E-state index >= 15 is 0 Å². The Morgan fingerprint density at radius 1 is 1.29 bits per heavy atom. The van der Waals surface area contributed by atoms with Gasteiger partial charge in [-0.05, 0) is 25.0 Å². The molecule has 0 unspecified atom stereocenters. The van der Waals surface area contributed by atoms with Gasteiger partial charge in [0.15, 0.2) is 5.78 Å². The molecule has 0 amide bonds. The van der Waals surface area contributed by atoms with Crippen LogP contribution in [0.3, 0.4) is 0 Å². The second-order valence-corrected chi connectivity index (χ2v) is 4.99. The molecule has 4 nitrogen and oxygen atoms in total. The van der Waals surface area contributed by atoms with Crippen molar-refractivity contribution in [3.05, 3.63) is 35.4 Å². The minimum Gasteiger partial charge on any atom is -0.330 e. The predicted octanol–water partition coefficient (Wildman–Crippen LogP) is 3.02. The van der Waals surface area contributed by atoms with E-state index in [4.69, 9.17) is 0 Å². The third kappa shape index (κ3) is 2.32. The number of hydrogen-bond acceptors (Lipinski definition) is 3. The molecular weight excluding hydrogens is 283 g/mol. The maximum absolute atomic E-state index is 12.7. The number of Topliss-reactive ketones (excluding diaryl/α,β-unsaturated/α-hetero) is 1. The first kappa shape index (κ1) is 13.8. The number of imidazole rings is 1. The lowest BCUT2D eigenvalue weighted by Gasteiger charge is -2.11. The second-order valence-electron chi connectivity index (χ2n) is 4.99. The van der Waals surface area contributed by atoms with Gasteiger partial charge in [0, 0.05) is 30.9 Å². The SMILES string of the molecule is Cn1c(-c2ccnc(C(F)(F)F)c2)nc2c1CCCC2=O. The van der Waals surface area contributed by atoms with Gasteiger partial charge in [-0.2, -0.15) is 13.2 Å². The van der Waals surface area contributed by atoms with E-state index in [9.17, 15) is 18.0 Å². The largest absolute Gasteiger partial charge is 0.433 e. The summed E-state index contributed by atoms with van der Waals surface area (Å²) in [5, 5.41) is 0. The van der Waals surface area contributed by atoms with Gasteiger partial charge in [-0.1, -0.05) is 0 Å². The summed E-state index contributed by atoms with van der Waals surface area (Å²) < 4.78 is 39.9. The molecule has 3 rings (SSSR count). The Balaban J connectivity index is 2.12. The van der Waals surface area contributed by atoms with Gasteiger partial charge in [0.05, 0.1) is 0 Å². The van der Waals surface area contributed by atoms with E-state index in [-0.39, 0.29) is 5.78 Å². The van der Waals surface area contributed by atoms with Gasteiger partial charge in [-0.25, -0.2) is 4.98 Å². The Bertz CT molecular complexity index is 719. The molecule has 0 radical (unpaired) electrons. The van der Waals surface area contributed by atoms with Crippen molar-refractivity contribution in [1.29, 1.82) is 0 Å². The van der Waals surface area contributed by atoms with E-state index < -0.39 is 11.9 Å². The van der Waals surface area contributed by atoms with Crippen molar-refractivity contribution >= 4 is 5.78 Å². The summed E-state index contributed by atoms with van der Waals surface area (Å²) >= 11 is 0. The molecule has 0 aromatic carbocycles. The van der Waals surface area contributed by atoms with Crippen LogP contribution in [0.1, 0.15) is 34.7 Å². The Labute approximate surface area is 118 Å². The minimum atomic E-state index is -4.50. The summed E-state index contributed by atoms with van der Waals surface area (Å²) in [5.74, 6) is 0.311. The Morgan fingerprint density at radius 2 is 2.05 bits per heavy atom. The predicted molar refractivity (Wildman–Crippen MR) is 68.7 cm³/mol. The fourth-order valence-electron chi connectivity index (χ4n) is 2.56. The van der Waals surface area contributed by atoms with E-state index in [1.807, 2.05) is 0 Å². The molecule has 2 heterocycles. The standard InChI is InChI=1S/C14H12F3N3O/c1-20-9-3-2-4-10(21)12(9)19-13(20)8-5-6-18-11(7-8)14(15,16)17/h5-7H,2-4H2,1H3. The molecule has 1 aliphatic rings.